The third-order valence-electron chi connectivity index (χ3n) is 5.98. The van der Waals surface area contributed by atoms with E-state index >= 15 is 0 Å². The van der Waals surface area contributed by atoms with Crippen LogP contribution in [0.15, 0.2) is 83.8 Å². The van der Waals surface area contributed by atoms with Gasteiger partial charge in [-0.2, -0.15) is 0 Å². The van der Waals surface area contributed by atoms with Crippen molar-refractivity contribution in [2.45, 2.75) is 18.6 Å². The van der Waals surface area contributed by atoms with E-state index in [1.807, 2.05) is 54.6 Å². The summed E-state index contributed by atoms with van der Waals surface area (Å²) in [4.78, 5) is 30.9. The van der Waals surface area contributed by atoms with Gasteiger partial charge in [-0.15, -0.1) is 11.8 Å². The summed E-state index contributed by atoms with van der Waals surface area (Å²) in [5.74, 6) is -0.545. The van der Waals surface area contributed by atoms with Gasteiger partial charge in [0.1, 0.15) is 5.82 Å². The summed E-state index contributed by atoms with van der Waals surface area (Å²) in [6, 6.07) is 23.1. The van der Waals surface area contributed by atoms with Crippen LogP contribution in [0.1, 0.15) is 24.0 Å². The molecule has 2 aliphatic rings. The van der Waals surface area contributed by atoms with Crippen LogP contribution in [0.3, 0.4) is 0 Å². The predicted molar refractivity (Wildman–Crippen MR) is 131 cm³/mol. The average Bonchev–Trinajstić information content (AvgIpc) is 3.46. The van der Waals surface area contributed by atoms with Crippen molar-refractivity contribution < 1.29 is 14.0 Å². The number of carbonyl (C=O) groups excluding carboxylic acids is 2. The number of imide groups is 1. The van der Waals surface area contributed by atoms with Crippen LogP contribution < -0.4 is 9.80 Å². The number of benzene rings is 3. The molecule has 0 aliphatic carbocycles. The van der Waals surface area contributed by atoms with E-state index in [4.69, 9.17) is 0 Å². The third kappa shape index (κ3) is 4.31. The molecule has 0 saturated carbocycles. The number of hydrogen-bond acceptors (Lipinski definition) is 4. The summed E-state index contributed by atoms with van der Waals surface area (Å²) < 4.78 is 13.5. The second-order valence-corrected chi connectivity index (χ2v) is 9.13. The number of halogens is 1. The molecule has 0 N–H and O–H groups in total. The summed E-state index contributed by atoms with van der Waals surface area (Å²) in [6.07, 6.45) is 2.36. The minimum absolute atomic E-state index is 0.324. The van der Waals surface area contributed by atoms with Crippen molar-refractivity contribution in [1.82, 2.24) is 0 Å². The molecule has 0 unspecified atom stereocenters. The Kier molecular flexibility index (Phi) is 6.01. The first kappa shape index (κ1) is 21.5. The minimum atomic E-state index is -0.385. The van der Waals surface area contributed by atoms with Crippen molar-refractivity contribution in [1.29, 1.82) is 0 Å². The van der Waals surface area contributed by atoms with E-state index in [0.29, 0.717) is 27.5 Å². The Morgan fingerprint density at radius 2 is 1.39 bits per heavy atom. The molecule has 2 amide bonds. The molecule has 2 heterocycles. The fraction of sp³-hybridized carbons (Fsp3) is 0.185. The van der Waals surface area contributed by atoms with Crippen LogP contribution in [0, 0.1) is 5.82 Å². The molecule has 2 aliphatic heterocycles. The first-order chi connectivity index (χ1) is 16.1. The van der Waals surface area contributed by atoms with E-state index in [2.05, 4.69) is 4.90 Å². The zero-order valence-corrected chi connectivity index (χ0v) is 18.9. The normalized spacial score (nSPS) is 16.3. The third-order valence-corrected chi connectivity index (χ3v) is 7.12. The summed E-state index contributed by atoms with van der Waals surface area (Å²) in [5, 5.41) is 0. The van der Waals surface area contributed by atoms with Crippen molar-refractivity contribution >= 4 is 40.5 Å². The summed E-state index contributed by atoms with van der Waals surface area (Å²) >= 11 is 1.34. The molecule has 0 spiro atoms. The number of carbonyl (C=O) groups is 2. The van der Waals surface area contributed by atoms with Crippen molar-refractivity contribution in [2.75, 3.05) is 22.9 Å². The number of hydrogen-bond donors (Lipinski definition) is 0. The van der Waals surface area contributed by atoms with Gasteiger partial charge in [-0.3, -0.25) is 9.59 Å². The van der Waals surface area contributed by atoms with E-state index < -0.39 is 0 Å². The molecule has 3 aromatic carbocycles. The maximum Gasteiger partial charge on any atom is 0.272 e. The first-order valence-electron chi connectivity index (χ1n) is 11.0. The molecule has 3 aromatic rings. The zero-order chi connectivity index (χ0) is 22.8. The first-order valence-corrected chi connectivity index (χ1v) is 12.0. The lowest BCUT2D eigenvalue weighted by atomic mass is 10.1. The minimum Gasteiger partial charge on any atom is -0.372 e. The molecule has 33 heavy (non-hydrogen) atoms. The van der Waals surface area contributed by atoms with Crippen LogP contribution in [0.4, 0.5) is 15.8 Å². The van der Waals surface area contributed by atoms with Gasteiger partial charge >= 0.3 is 0 Å². The van der Waals surface area contributed by atoms with Gasteiger partial charge in [0.05, 0.1) is 16.2 Å². The van der Waals surface area contributed by atoms with Crippen LogP contribution in [0.5, 0.6) is 0 Å². The van der Waals surface area contributed by atoms with E-state index in [1.165, 1.54) is 41.6 Å². The van der Waals surface area contributed by atoms with Crippen molar-refractivity contribution in [3.8, 4) is 0 Å². The topological polar surface area (TPSA) is 40.6 Å². The lowest BCUT2D eigenvalue weighted by Gasteiger charge is -2.20. The molecular formula is C27H23FN2O2S. The molecule has 4 nitrogen and oxygen atoms in total. The Bertz CT molecular complexity index is 1200. The molecule has 1 saturated heterocycles. The fourth-order valence-electron chi connectivity index (χ4n) is 4.27. The predicted octanol–water partition coefficient (Wildman–Crippen LogP) is 5.64. The summed E-state index contributed by atoms with van der Waals surface area (Å²) in [7, 11) is 0. The van der Waals surface area contributed by atoms with Gasteiger partial charge in [0.25, 0.3) is 11.8 Å². The Morgan fingerprint density at radius 1 is 0.758 bits per heavy atom. The van der Waals surface area contributed by atoms with E-state index in [-0.39, 0.29) is 17.6 Å². The molecule has 0 atom stereocenters. The van der Waals surface area contributed by atoms with E-state index in [0.717, 1.165) is 24.3 Å². The van der Waals surface area contributed by atoms with Gasteiger partial charge in [0.2, 0.25) is 0 Å². The molecule has 0 aromatic heterocycles. The second-order valence-electron chi connectivity index (χ2n) is 8.14. The second kappa shape index (κ2) is 9.24. The van der Waals surface area contributed by atoms with Gasteiger partial charge in [-0.25, -0.2) is 9.29 Å². The average molecular weight is 459 g/mol. The molecule has 5 rings (SSSR count). The van der Waals surface area contributed by atoms with Crippen LogP contribution in [0.2, 0.25) is 0 Å². The van der Waals surface area contributed by atoms with Crippen LogP contribution in [-0.2, 0) is 15.3 Å². The van der Waals surface area contributed by atoms with Gasteiger partial charge in [-0.05, 0) is 60.4 Å². The molecule has 0 radical (unpaired) electrons. The van der Waals surface area contributed by atoms with Crippen LogP contribution in [0.25, 0.3) is 5.57 Å². The molecule has 166 valence electrons. The van der Waals surface area contributed by atoms with Gasteiger partial charge < -0.3 is 4.90 Å². The van der Waals surface area contributed by atoms with Crippen molar-refractivity contribution in [3.05, 3.63) is 101 Å². The highest BCUT2D eigenvalue weighted by atomic mass is 32.2. The molecular weight excluding hydrogens is 435 g/mol. The number of nitrogens with zero attached hydrogens (tertiary/aromatic N) is 2. The lowest BCUT2D eigenvalue weighted by Crippen LogP contribution is -2.31. The molecule has 6 heteroatoms. The number of amides is 2. The number of thioether (sulfide) groups is 1. The maximum atomic E-state index is 13.5. The highest BCUT2D eigenvalue weighted by Crippen LogP contribution is 2.40. The number of rotatable bonds is 6. The smallest absolute Gasteiger partial charge is 0.272 e. The van der Waals surface area contributed by atoms with E-state index in [1.54, 1.807) is 12.1 Å². The lowest BCUT2D eigenvalue weighted by molar-refractivity contribution is -0.119. The van der Waals surface area contributed by atoms with Gasteiger partial charge in [0, 0.05) is 24.5 Å². The Hall–Kier alpha value is -3.38. The molecule has 1 fully saturated rings. The van der Waals surface area contributed by atoms with Crippen LogP contribution in [-0.4, -0.2) is 24.9 Å². The highest BCUT2D eigenvalue weighted by molar-refractivity contribution is 8.03. The van der Waals surface area contributed by atoms with Gasteiger partial charge in [0.15, 0.2) is 0 Å². The quantitative estimate of drug-likeness (QED) is 0.448. The van der Waals surface area contributed by atoms with Crippen molar-refractivity contribution in [3.63, 3.8) is 0 Å². The van der Waals surface area contributed by atoms with Crippen LogP contribution >= 0.6 is 11.8 Å². The Balaban J connectivity index is 1.47. The maximum absolute atomic E-state index is 13.5. The summed E-state index contributed by atoms with van der Waals surface area (Å²) in [5.41, 5.74) is 3.57. The SMILES string of the molecule is O=C1C(SCc2ccccc2)=C(c2ccc(F)cc2)C(=O)N1c1ccc(N2CCCC2)cc1. The van der Waals surface area contributed by atoms with E-state index in [9.17, 15) is 14.0 Å². The summed E-state index contributed by atoms with van der Waals surface area (Å²) in [6.45, 7) is 2.05. The van der Waals surface area contributed by atoms with Crippen molar-refractivity contribution in [2.24, 2.45) is 0 Å². The molecule has 0 bridgehead atoms. The number of anilines is 2. The zero-order valence-electron chi connectivity index (χ0n) is 18.0. The Morgan fingerprint density at radius 3 is 2.06 bits per heavy atom. The Labute approximate surface area is 196 Å². The standard InChI is InChI=1S/C27H23FN2O2S/c28-21-10-8-20(9-11-21)24-25(33-18-19-6-2-1-3-7-19)27(32)30(26(24)31)23-14-12-22(13-15-23)29-16-4-5-17-29/h1-3,6-15H,4-5,16-18H2. The highest BCUT2D eigenvalue weighted by Gasteiger charge is 2.40. The monoisotopic (exact) mass is 458 g/mol. The largest absolute Gasteiger partial charge is 0.372 e. The fourth-order valence-corrected chi connectivity index (χ4v) is 5.33. The van der Waals surface area contributed by atoms with Gasteiger partial charge in [-0.1, -0.05) is 42.5 Å².